The van der Waals surface area contributed by atoms with Crippen LogP contribution in [0.2, 0.25) is 0 Å². The fraction of sp³-hybridized carbons (Fsp3) is 0.286. The normalized spacial score (nSPS) is 10.1. The van der Waals surface area contributed by atoms with Gasteiger partial charge in [0.05, 0.1) is 0 Å². The minimum atomic E-state index is -0.268. The molecular formula is C21H25N3O4. The maximum atomic E-state index is 12.0. The van der Waals surface area contributed by atoms with Crippen LogP contribution in [0, 0.1) is 6.92 Å². The third-order valence-corrected chi connectivity index (χ3v) is 3.91. The number of nitrogens with one attached hydrogen (secondary N) is 2. The third kappa shape index (κ3) is 6.75. The molecule has 0 aliphatic rings. The number of benzene rings is 2. The van der Waals surface area contributed by atoms with Crippen molar-refractivity contribution >= 4 is 29.1 Å². The van der Waals surface area contributed by atoms with Gasteiger partial charge in [0.2, 0.25) is 11.8 Å². The van der Waals surface area contributed by atoms with Crippen LogP contribution in [-0.2, 0) is 14.4 Å². The Morgan fingerprint density at radius 3 is 2.39 bits per heavy atom. The van der Waals surface area contributed by atoms with Gasteiger partial charge in [-0.1, -0.05) is 23.8 Å². The van der Waals surface area contributed by atoms with E-state index < -0.39 is 0 Å². The van der Waals surface area contributed by atoms with Crippen molar-refractivity contribution < 1.29 is 19.1 Å². The number of aryl methyl sites for hydroxylation is 1. The molecule has 0 unspecified atom stereocenters. The smallest absolute Gasteiger partial charge is 0.258 e. The number of carbonyl (C=O) groups is 3. The molecule has 2 aromatic carbocycles. The molecule has 28 heavy (non-hydrogen) atoms. The van der Waals surface area contributed by atoms with Crippen molar-refractivity contribution in [1.82, 2.24) is 5.32 Å². The van der Waals surface area contributed by atoms with Gasteiger partial charge in [-0.15, -0.1) is 0 Å². The Bertz CT molecular complexity index is 834. The molecule has 0 saturated heterocycles. The lowest BCUT2D eigenvalue weighted by atomic mass is 10.2. The first-order chi connectivity index (χ1) is 13.3. The number of hydrogen-bond acceptors (Lipinski definition) is 4. The fourth-order valence-electron chi connectivity index (χ4n) is 2.56. The summed E-state index contributed by atoms with van der Waals surface area (Å²) in [6, 6.07) is 14.4. The Balaban J connectivity index is 1.86. The minimum absolute atomic E-state index is 0.0961. The minimum Gasteiger partial charge on any atom is -0.484 e. The van der Waals surface area contributed by atoms with Crippen molar-refractivity contribution in [3.63, 3.8) is 0 Å². The van der Waals surface area contributed by atoms with Crippen LogP contribution in [0.15, 0.2) is 48.5 Å². The van der Waals surface area contributed by atoms with Crippen molar-refractivity contribution in [2.75, 3.05) is 29.9 Å². The van der Waals surface area contributed by atoms with Crippen molar-refractivity contribution in [3.8, 4) is 5.75 Å². The van der Waals surface area contributed by atoms with Gasteiger partial charge in [0.25, 0.3) is 5.91 Å². The van der Waals surface area contributed by atoms with E-state index in [-0.39, 0.29) is 30.9 Å². The zero-order valence-corrected chi connectivity index (χ0v) is 16.3. The SMILES string of the molecule is CC(=O)Nc1cccc(N(CCNC(=O)COc2ccc(C)cc2)C(C)=O)c1. The van der Waals surface area contributed by atoms with E-state index >= 15 is 0 Å². The van der Waals surface area contributed by atoms with Gasteiger partial charge in [-0.05, 0) is 37.3 Å². The molecule has 7 nitrogen and oxygen atoms in total. The molecule has 0 bridgehead atoms. The number of nitrogens with zero attached hydrogens (tertiary/aromatic N) is 1. The number of ether oxygens (including phenoxy) is 1. The highest BCUT2D eigenvalue weighted by molar-refractivity contribution is 5.94. The Hall–Kier alpha value is -3.35. The highest BCUT2D eigenvalue weighted by Gasteiger charge is 2.13. The van der Waals surface area contributed by atoms with Gasteiger partial charge in [-0.2, -0.15) is 0 Å². The third-order valence-electron chi connectivity index (χ3n) is 3.91. The molecule has 3 amide bonds. The largest absolute Gasteiger partial charge is 0.484 e. The van der Waals surface area contributed by atoms with Gasteiger partial charge in [0.1, 0.15) is 5.75 Å². The van der Waals surface area contributed by atoms with E-state index in [1.54, 1.807) is 24.3 Å². The maximum absolute atomic E-state index is 12.0. The van der Waals surface area contributed by atoms with E-state index in [2.05, 4.69) is 10.6 Å². The lowest BCUT2D eigenvalue weighted by Crippen LogP contribution is -2.39. The van der Waals surface area contributed by atoms with E-state index in [4.69, 9.17) is 4.74 Å². The molecule has 0 atom stereocenters. The van der Waals surface area contributed by atoms with Gasteiger partial charge < -0.3 is 20.3 Å². The van der Waals surface area contributed by atoms with Crippen LogP contribution >= 0.6 is 0 Å². The molecular weight excluding hydrogens is 358 g/mol. The predicted molar refractivity (Wildman–Crippen MR) is 108 cm³/mol. The number of carbonyl (C=O) groups excluding carboxylic acids is 3. The van der Waals surface area contributed by atoms with E-state index in [0.29, 0.717) is 23.7 Å². The second kappa shape index (κ2) is 10.1. The summed E-state index contributed by atoms with van der Waals surface area (Å²) in [6.07, 6.45) is 0. The monoisotopic (exact) mass is 383 g/mol. The molecule has 0 saturated carbocycles. The number of rotatable bonds is 8. The number of anilines is 2. The Morgan fingerprint density at radius 1 is 1.04 bits per heavy atom. The zero-order valence-electron chi connectivity index (χ0n) is 16.3. The molecule has 0 fully saturated rings. The highest BCUT2D eigenvalue weighted by atomic mass is 16.5. The fourth-order valence-corrected chi connectivity index (χ4v) is 2.56. The quantitative estimate of drug-likeness (QED) is 0.733. The Labute approximate surface area is 164 Å². The van der Waals surface area contributed by atoms with Crippen LogP contribution in [-0.4, -0.2) is 37.4 Å². The summed E-state index contributed by atoms with van der Waals surface area (Å²) in [5.41, 5.74) is 2.36. The summed E-state index contributed by atoms with van der Waals surface area (Å²) >= 11 is 0. The van der Waals surface area contributed by atoms with Crippen LogP contribution in [0.5, 0.6) is 5.75 Å². The first kappa shape index (κ1) is 21.0. The molecule has 2 aromatic rings. The van der Waals surface area contributed by atoms with Gasteiger partial charge >= 0.3 is 0 Å². The molecule has 148 valence electrons. The molecule has 0 aliphatic carbocycles. The van der Waals surface area contributed by atoms with Gasteiger partial charge in [0, 0.05) is 38.3 Å². The van der Waals surface area contributed by atoms with E-state index in [1.165, 1.54) is 18.7 Å². The summed E-state index contributed by atoms with van der Waals surface area (Å²) in [5, 5.41) is 5.42. The van der Waals surface area contributed by atoms with E-state index in [1.807, 2.05) is 31.2 Å². The van der Waals surface area contributed by atoms with Gasteiger partial charge in [0.15, 0.2) is 6.61 Å². The molecule has 0 radical (unpaired) electrons. The standard InChI is InChI=1S/C21H25N3O4/c1-15-7-9-20(10-8-15)28-14-21(27)22-11-12-24(17(3)26)19-6-4-5-18(13-19)23-16(2)25/h4-10,13H,11-12,14H2,1-3H3,(H,22,27)(H,23,25). The maximum Gasteiger partial charge on any atom is 0.258 e. The van der Waals surface area contributed by atoms with Crippen LogP contribution in [0.25, 0.3) is 0 Å². The Morgan fingerprint density at radius 2 is 1.75 bits per heavy atom. The van der Waals surface area contributed by atoms with E-state index in [0.717, 1.165) is 5.56 Å². The molecule has 0 aromatic heterocycles. The van der Waals surface area contributed by atoms with Crippen LogP contribution in [0.4, 0.5) is 11.4 Å². The van der Waals surface area contributed by atoms with Gasteiger partial charge in [-0.3, -0.25) is 14.4 Å². The summed E-state index contributed by atoms with van der Waals surface area (Å²) in [7, 11) is 0. The molecule has 0 aliphatic heterocycles. The van der Waals surface area contributed by atoms with Crippen LogP contribution in [0.3, 0.4) is 0 Å². The lowest BCUT2D eigenvalue weighted by Gasteiger charge is -2.22. The van der Waals surface area contributed by atoms with Gasteiger partial charge in [-0.25, -0.2) is 0 Å². The van der Waals surface area contributed by atoms with Crippen molar-refractivity contribution in [2.45, 2.75) is 20.8 Å². The summed E-state index contributed by atoms with van der Waals surface area (Å²) in [5.74, 6) is 0.00877. The summed E-state index contributed by atoms with van der Waals surface area (Å²) in [4.78, 5) is 36.7. The number of amides is 3. The second-order valence-electron chi connectivity index (χ2n) is 6.35. The molecule has 0 heterocycles. The zero-order chi connectivity index (χ0) is 20.5. The van der Waals surface area contributed by atoms with Crippen LogP contribution < -0.4 is 20.3 Å². The Kier molecular flexibility index (Phi) is 7.56. The molecule has 7 heteroatoms. The summed E-state index contributed by atoms with van der Waals surface area (Å²) < 4.78 is 5.43. The molecule has 0 spiro atoms. The van der Waals surface area contributed by atoms with Crippen molar-refractivity contribution in [2.24, 2.45) is 0 Å². The highest BCUT2D eigenvalue weighted by Crippen LogP contribution is 2.19. The first-order valence-electron chi connectivity index (χ1n) is 8.97. The van der Waals surface area contributed by atoms with Crippen LogP contribution in [0.1, 0.15) is 19.4 Å². The van der Waals surface area contributed by atoms with Crippen molar-refractivity contribution in [3.05, 3.63) is 54.1 Å². The lowest BCUT2D eigenvalue weighted by molar-refractivity contribution is -0.123. The average molecular weight is 383 g/mol. The van der Waals surface area contributed by atoms with Crippen molar-refractivity contribution in [1.29, 1.82) is 0 Å². The summed E-state index contributed by atoms with van der Waals surface area (Å²) in [6.45, 7) is 5.33. The van der Waals surface area contributed by atoms with E-state index in [9.17, 15) is 14.4 Å². The molecule has 2 rings (SSSR count). The predicted octanol–water partition coefficient (Wildman–Crippen LogP) is 2.50. The topological polar surface area (TPSA) is 87.7 Å². The number of hydrogen-bond donors (Lipinski definition) is 2. The first-order valence-corrected chi connectivity index (χ1v) is 8.97. The molecule has 2 N–H and O–H groups in total. The second-order valence-corrected chi connectivity index (χ2v) is 6.35. The average Bonchev–Trinajstić information content (AvgIpc) is 2.64.